The molecule has 0 aliphatic heterocycles. The predicted octanol–water partition coefficient (Wildman–Crippen LogP) is 5.17. The van der Waals surface area contributed by atoms with Gasteiger partial charge in [-0.15, -0.1) is 0 Å². The maximum absolute atomic E-state index is 13.7. The van der Waals surface area contributed by atoms with Crippen LogP contribution in [0.15, 0.2) is 72.8 Å². The minimum atomic E-state index is -0.695. The van der Waals surface area contributed by atoms with Crippen LogP contribution < -0.4 is 10.6 Å². The van der Waals surface area contributed by atoms with Gasteiger partial charge in [-0.3, -0.25) is 0 Å². The lowest BCUT2D eigenvalue weighted by atomic mass is 10.1. The van der Waals surface area contributed by atoms with Crippen molar-refractivity contribution in [1.29, 1.82) is 0 Å². The Bertz CT molecular complexity index is 935. The standard InChI is InChI=1S/C22H20F2N2OS/c23-19-10-11-21(20(24)12-19)26-22(28)25-13-17-8-4-5-9-18(17)15-27-14-16-6-2-1-3-7-16/h1-12H,13-15H2,(H2,25,26,28). The van der Waals surface area contributed by atoms with E-state index >= 15 is 0 Å². The molecular formula is C22H20F2N2OS. The SMILES string of the molecule is Fc1ccc(NC(=S)NCc2ccccc2COCc2ccccc2)c(F)c1. The first-order chi connectivity index (χ1) is 13.6. The van der Waals surface area contributed by atoms with E-state index in [2.05, 4.69) is 10.6 Å². The Morgan fingerprint density at radius 3 is 2.32 bits per heavy atom. The van der Waals surface area contributed by atoms with Gasteiger partial charge in [0.05, 0.1) is 18.9 Å². The summed E-state index contributed by atoms with van der Waals surface area (Å²) in [7, 11) is 0. The zero-order valence-electron chi connectivity index (χ0n) is 15.1. The lowest BCUT2D eigenvalue weighted by Gasteiger charge is -2.14. The Labute approximate surface area is 168 Å². The molecule has 2 N–H and O–H groups in total. The number of nitrogens with one attached hydrogen (secondary N) is 2. The van der Waals surface area contributed by atoms with Crippen LogP contribution >= 0.6 is 12.2 Å². The van der Waals surface area contributed by atoms with Gasteiger partial charge in [0.15, 0.2) is 5.11 Å². The first-order valence-electron chi connectivity index (χ1n) is 8.80. The number of ether oxygens (including phenoxy) is 1. The summed E-state index contributed by atoms with van der Waals surface area (Å²) in [5, 5.41) is 6.04. The maximum Gasteiger partial charge on any atom is 0.171 e. The first kappa shape index (κ1) is 19.9. The first-order valence-corrected chi connectivity index (χ1v) is 9.21. The zero-order valence-corrected chi connectivity index (χ0v) is 15.9. The van der Waals surface area contributed by atoms with Crippen LogP contribution in [0.2, 0.25) is 0 Å². The highest BCUT2D eigenvalue weighted by Gasteiger charge is 2.07. The van der Waals surface area contributed by atoms with E-state index in [0.717, 1.165) is 22.8 Å². The fraction of sp³-hybridized carbons (Fsp3) is 0.136. The second kappa shape index (κ2) is 9.92. The van der Waals surface area contributed by atoms with Crippen LogP contribution in [0.4, 0.5) is 14.5 Å². The molecule has 3 aromatic rings. The van der Waals surface area contributed by atoms with Crippen LogP contribution in [0.1, 0.15) is 16.7 Å². The van der Waals surface area contributed by atoms with Crippen molar-refractivity contribution in [1.82, 2.24) is 5.32 Å². The van der Waals surface area contributed by atoms with Crippen molar-refractivity contribution in [3.05, 3.63) is 101 Å². The van der Waals surface area contributed by atoms with Crippen LogP contribution in [-0.2, 0) is 24.5 Å². The summed E-state index contributed by atoms with van der Waals surface area (Å²) < 4.78 is 32.5. The van der Waals surface area contributed by atoms with E-state index in [9.17, 15) is 8.78 Å². The molecule has 0 bridgehead atoms. The fourth-order valence-corrected chi connectivity index (χ4v) is 2.84. The quantitative estimate of drug-likeness (QED) is 0.538. The van der Waals surface area contributed by atoms with E-state index in [1.807, 2.05) is 54.6 Å². The van der Waals surface area contributed by atoms with Crippen LogP contribution in [0.25, 0.3) is 0 Å². The lowest BCUT2D eigenvalue weighted by molar-refractivity contribution is 0.106. The van der Waals surface area contributed by atoms with E-state index < -0.39 is 11.6 Å². The molecule has 0 unspecified atom stereocenters. The number of rotatable bonds is 7. The second-order valence-corrected chi connectivity index (χ2v) is 6.59. The average molecular weight is 398 g/mol. The van der Waals surface area contributed by atoms with E-state index in [1.165, 1.54) is 12.1 Å². The molecule has 0 atom stereocenters. The van der Waals surface area contributed by atoms with Gasteiger partial charge in [0, 0.05) is 12.6 Å². The van der Waals surface area contributed by atoms with Gasteiger partial charge < -0.3 is 15.4 Å². The third kappa shape index (κ3) is 5.84. The molecule has 3 rings (SSSR count). The Morgan fingerprint density at radius 1 is 0.857 bits per heavy atom. The molecule has 144 valence electrons. The van der Waals surface area contributed by atoms with Crippen molar-refractivity contribution in [2.45, 2.75) is 19.8 Å². The highest BCUT2D eigenvalue weighted by Crippen LogP contribution is 2.15. The molecule has 3 nitrogen and oxygen atoms in total. The second-order valence-electron chi connectivity index (χ2n) is 6.18. The van der Waals surface area contributed by atoms with Crippen molar-refractivity contribution in [3.63, 3.8) is 0 Å². The van der Waals surface area contributed by atoms with E-state index in [1.54, 1.807) is 0 Å². The molecule has 0 aromatic heterocycles. The molecule has 6 heteroatoms. The number of hydrogen-bond acceptors (Lipinski definition) is 2. The van der Waals surface area contributed by atoms with Crippen molar-refractivity contribution in [2.24, 2.45) is 0 Å². The average Bonchev–Trinajstić information content (AvgIpc) is 2.70. The minimum absolute atomic E-state index is 0.123. The molecule has 0 radical (unpaired) electrons. The molecular weight excluding hydrogens is 378 g/mol. The highest BCUT2D eigenvalue weighted by atomic mass is 32.1. The van der Waals surface area contributed by atoms with Crippen LogP contribution in [-0.4, -0.2) is 5.11 Å². The van der Waals surface area contributed by atoms with Crippen molar-refractivity contribution in [3.8, 4) is 0 Å². The Balaban J connectivity index is 1.53. The monoisotopic (exact) mass is 398 g/mol. The normalized spacial score (nSPS) is 10.5. The van der Waals surface area contributed by atoms with Crippen LogP contribution in [0.3, 0.4) is 0 Å². The van der Waals surface area contributed by atoms with Gasteiger partial charge in [-0.1, -0.05) is 54.6 Å². The molecule has 0 spiro atoms. The number of thiocarbonyl (C=S) groups is 1. The van der Waals surface area contributed by atoms with Gasteiger partial charge in [-0.05, 0) is 41.0 Å². The molecule has 0 fully saturated rings. The summed E-state index contributed by atoms with van der Waals surface area (Å²) in [5.41, 5.74) is 3.31. The summed E-state index contributed by atoms with van der Waals surface area (Å²) in [6.45, 7) is 1.46. The lowest BCUT2D eigenvalue weighted by Crippen LogP contribution is -2.28. The zero-order chi connectivity index (χ0) is 19.8. The van der Waals surface area contributed by atoms with E-state index in [4.69, 9.17) is 17.0 Å². The van der Waals surface area contributed by atoms with Gasteiger partial charge in [-0.25, -0.2) is 8.78 Å². The van der Waals surface area contributed by atoms with Crippen LogP contribution in [0, 0.1) is 11.6 Å². The van der Waals surface area contributed by atoms with E-state index in [0.29, 0.717) is 19.8 Å². The number of hydrogen-bond donors (Lipinski definition) is 2. The van der Waals surface area contributed by atoms with Gasteiger partial charge in [-0.2, -0.15) is 0 Å². The minimum Gasteiger partial charge on any atom is -0.372 e. The molecule has 3 aromatic carbocycles. The Hall–Kier alpha value is -2.83. The third-order valence-corrected chi connectivity index (χ3v) is 4.35. The van der Waals surface area contributed by atoms with Crippen molar-refractivity contribution < 1.29 is 13.5 Å². The van der Waals surface area contributed by atoms with Crippen molar-refractivity contribution in [2.75, 3.05) is 5.32 Å². The molecule has 28 heavy (non-hydrogen) atoms. The van der Waals surface area contributed by atoms with Gasteiger partial charge >= 0.3 is 0 Å². The van der Waals surface area contributed by atoms with Crippen LogP contribution in [0.5, 0.6) is 0 Å². The summed E-state index contributed by atoms with van der Waals surface area (Å²) in [6.07, 6.45) is 0. The molecule has 0 saturated carbocycles. The molecule has 0 saturated heterocycles. The third-order valence-electron chi connectivity index (χ3n) is 4.11. The fourth-order valence-electron chi connectivity index (χ4n) is 2.66. The Morgan fingerprint density at radius 2 is 1.57 bits per heavy atom. The molecule has 0 aliphatic carbocycles. The summed E-state index contributed by atoms with van der Waals surface area (Å²) in [5.74, 6) is -1.33. The largest absolute Gasteiger partial charge is 0.372 e. The topological polar surface area (TPSA) is 33.3 Å². The predicted molar refractivity (Wildman–Crippen MR) is 111 cm³/mol. The molecule has 0 amide bonds. The van der Waals surface area contributed by atoms with Gasteiger partial charge in [0.1, 0.15) is 11.6 Å². The number of halogens is 2. The number of benzene rings is 3. The molecule has 0 aliphatic rings. The smallest absolute Gasteiger partial charge is 0.171 e. The Kier molecular flexibility index (Phi) is 7.06. The summed E-state index contributed by atoms with van der Waals surface area (Å²) >= 11 is 5.21. The maximum atomic E-state index is 13.7. The van der Waals surface area contributed by atoms with Gasteiger partial charge in [0.2, 0.25) is 0 Å². The van der Waals surface area contributed by atoms with E-state index in [-0.39, 0.29) is 10.8 Å². The van der Waals surface area contributed by atoms with Crippen molar-refractivity contribution >= 4 is 23.0 Å². The highest BCUT2D eigenvalue weighted by molar-refractivity contribution is 7.80. The summed E-state index contributed by atoms with van der Waals surface area (Å²) in [6, 6.07) is 21.1. The number of anilines is 1. The van der Waals surface area contributed by atoms with Gasteiger partial charge in [0.25, 0.3) is 0 Å². The molecule has 0 heterocycles. The summed E-state index contributed by atoms with van der Waals surface area (Å²) in [4.78, 5) is 0.